The maximum absolute atomic E-state index is 13.7. The summed E-state index contributed by atoms with van der Waals surface area (Å²) in [5.74, 6) is -1.39. The Morgan fingerprint density at radius 1 is 1.09 bits per heavy atom. The molecule has 234 valence electrons. The number of nitrogens with one attached hydrogen (secondary N) is 1. The molecular formula is C30H40N4O7S2. The van der Waals surface area contributed by atoms with Gasteiger partial charge in [0.2, 0.25) is 10.0 Å². The molecule has 3 aliphatic heterocycles. The molecule has 5 rings (SSSR count). The zero-order valence-corrected chi connectivity index (χ0v) is 26.6. The molecule has 13 heteroatoms. The van der Waals surface area contributed by atoms with Crippen molar-refractivity contribution < 1.29 is 32.3 Å². The van der Waals surface area contributed by atoms with Gasteiger partial charge >= 0.3 is 5.97 Å². The van der Waals surface area contributed by atoms with Crippen LogP contribution in [-0.2, 0) is 37.3 Å². The number of fused-ring (bicyclic) bond motifs is 1. The molecule has 1 unspecified atom stereocenters. The molecule has 1 aromatic heterocycles. The predicted octanol–water partition coefficient (Wildman–Crippen LogP) is 3.20. The van der Waals surface area contributed by atoms with Crippen molar-refractivity contribution in [3.8, 4) is 0 Å². The number of hydrogen-bond acceptors (Lipinski definition) is 9. The number of carbonyl (C=O) groups is 3. The third kappa shape index (κ3) is 6.80. The van der Waals surface area contributed by atoms with Crippen molar-refractivity contribution in [1.29, 1.82) is 0 Å². The van der Waals surface area contributed by atoms with Gasteiger partial charge in [0.25, 0.3) is 11.8 Å². The van der Waals surface area contributed by atoms with Gasteiger partial charge < -0.3 is 19.7 Å². The van der Waals surface area contributed by atoms with E-state index in [2.05, 4.69) is 24.1 Å². The number of esters is 1. The van der Waals surface area contributed by atoms with Crippen LogP contribution in [0.25, 0.3) is 0 Å². The first kappa shape index (κ1) is 31.6. The Kier molecular flexibility index (Phi) is 9.86. The minimum Gasteiger partial charge on any atom is -0.466 e. The molecule has 11 nitrogen and oxygen atoms in total. The summed E-state index contributed by atoms with van der Waals surface area (Å²) in [5.41, 5.74) is 1.83. The van der Waals surface area contributed by atoms with Crippen LogP contribution >= 0.6 is 11.3 Å². The normalized spacial score (nSPS) is 20.1. The summed E-state index contributed by atoms with van der Waals surface area (Å²) in [5, 5.41) is 3.49. The first-order valence-corrected chi connectivity index (χ1v) is 17.2. The van der Waals surface area contributed by atoms with E-state index in [0.717, 1.165) is 30.0 Å². The number of hydrogen-bond donors (Lipinski definition) is 1. The van der Waals surface area contributed by atoms with E-state index < -0.39 is 21.8 Å². The largest absolute Gasteiger partial charge is 0.466 e. The number of piperidine rings is 1. The average molecular weight is 633 g/mol. The third-order valence-corrected chi connectivity index (χ3v) is 11.3. The second-order valence-corrected chi connectivity index (χ2v) is 14.4. The number of benzene rings is 1. The summed E-state index contributed by atoms with van der Waals surface area (Å²) in [6.45, 7) is 10.2. The zero-order chi connectivity index (χ0) is 30.7. The summed E-state index contributed by atoms with van der Waals surface area (Å²) in [6, 6.07) is 6.15. The van der Waals surface area contributed by atoms with E-state index >= 15 is 0 Å². The Balaban J connectivity index is 1.35. The highest BCUT2D eigenvalue weighted by atomic mass is 32.2. The lowest BCUT2D eigenvalue weighted by molar-refractivity contribution is -0.149. The van der Waals surface area contributed by atoms with Crippen LogP contribution in [0.2, 0.25) is 0 Å². The van der Waals surface area contributed by atoms with Gasteiger partial charge in [-0.3, -0.25) is 19.3 Å². The van der Waals surface area contributed by atoms with E-state index in [4.69, 9.17) is 9.47 Å². The molecule has 2 aromatic rings. The first-order valence-electron chi connectivity index (χ1n) is 14.9. The second-order valence-electron chi connectivity index (χ2n) is 11.4. The molecule has 2 fully saturated rings. The molecule has 4 heterocycles. The van der Waals surface area contributed by atoms with Crippen LogP contribution in [0.1, 0.15) is 64.8 Å². The highest BCUT2D eigenvalue weighted by Crippen LogP contribution is 2.39. The molecule has 1 aromatic carbocycles. The number of morpholine rings is 1. The Bertz CT molecular complexity index is 1450. The van der Waals surface area contributed by atoms with Gasteiger partial charge in [0.15, 0.2) is 0 Å². The lowest BCUT2D eigenvalue weighted by Crippen LogP contribution is -2.42. The lowest BCUT2D eigenvalue weighted by atomic mass is 10.0. The second kappa shape index (κ2) is 13.4. The van der Waals surface area contributed by atoms with Crippen molar-refractivity contribution >= 4 is 44.1 Å². The van der Waals surface area contributed by atoms with Crippen molar-refractivity contribution in [3.63, 3.8) is 0 Å². The SMILES string of the molecule is CCOC(=O)C1CCCN(S(=O)(=O)c2ccc(C(=O)Nc3sc4c(c3C(=O)N3CCOCC3)CCN(C(C)C)C4)cc2)C1. The fraction of sp³-hybridized carbons (Fsp3) is 0.567. The number of carbonyl (C=O) groups excluding carboxylic acids is 3. The molecule has 2 saturated heterocycles. The smallest absolute Gasteiger partial charge is 0.310 e. The number of thiophene rings is 1. The third-order valence-electron chi connectivity index (χ3n) is 8.31. The van der Waals surface area contributed by atoms with Crippen LogP contribution < -0.4 is 5.32 Å². The monoisotopic (exact) mass is 632 g/mol. The minimum atomic E-state index is -3.86. The van der Waals surface area contributed by atoms with E-state index in [9.17, 15) is 22.8 Å². The van der Waals surface area contributed by atoms with Gasteiger partial charge in [-0.15, -0.1) is 11.3 Å². The molecule has 0 radical (unpaired) electrons. The van der Waals surface area contributed by atoms with Crippen molar-refractivity contribution in [2.24, 2.45) is 5.92 Å². The molecular weight excluding hydrogens is 592 g/mol. The van der Waals surface area contributed by atoms with Crippen molar-refractivity contribution in [2.75, 3.05) is 57.9 Å². The van der Waals surface area contributed by atoms with Crippen molar-refractivity contribution in [1.82, 2.24) is 14.1 Å². The van der Waals surface area contributed by atoms with Gasteiger partial charge in [0.1, 0.15) is 5.00 Å². The summed E-state index contributed by atoms with van der Waals surface area (Å²) < 4.78 is 38.6. The van der Waals surface area contributed by atoms with Gasteiger partial charge in [0, 0.05) is 55.8 Å². The number of amides is 2. The fourth-order valence-corrected chi connectivity index (χ4v) is 8.60. The van der Waals surface area contributed by atoms with Crippen LogP contribution in [0.5, 0.6) is 0 Å². The van der Waals surface area contributed by atoms with Gasteiger partial charge in [0.05, 0.1) is 36.2 Å². The molecule has 1 N–H and O–H groups in total. The van der Waals surface area contributed by atoms with Crippen LogP contribution in [-0.4, -0.2) is 98.9 Å². The number of rotatable bonds is 8. The van der Waals surface area contributed by atoms with Gasteiger partial charge in [-0.2, -0.15) is 4.31 Å². The molecule has 43 heavy (non-hydrogen) atoms. The summed E-state index contributed by atoms with van der Waals surface area (Å²) in [4.78, 5) is 44.6. The maximum atomic E-state index is 13.7. The van der Waals surface area contributed by atoms with Crippen LogP contribution in [0.3, 0.4) is 0 Å². The van der Waals surface area contributed by atoms with Gasteiger partial charge in [-0.25, -0.2) is 8.42 Å². The van der Waals surface area contributed by atoms with Crippen molar-refractivity contribution in [2.45, 2.75) is 57.5 Å². The molecule has 0 aliphatic carbocycles. The molecule has 2 amide bonds. The number of sulfonamides is 1. The summed E-state index contributed by atoms with van der Waals surface area (Å²) in [6.07, 6.45) is 1.88. The van der Waals surface area contributed by atoms with E-state index in [-0.39, 0.29) is 35.5 Å². The van der Waals surface area contributed by atoms with Crippen LogP contribution in [0, 0.1) is 5.92 Å². The minimum absolute atomic E-state index is 0.0529. The first-order chi connectivity index (χ1) is 20.6. The Labute approximate surface area is 257 Å². The van der Waals surface area contributed by atoms with Crippen LogP contribution in [0.4, 0.5) is 5.00 Å². The summed E-state index contributed by atoms with van der Waals surface area (Å²) in [7, 11) is -3.86. The average Bonchev–Trinajstić information content (AvgIpc) is 3.38. The van der Waals surface area contributed by atoms with Crippen molar-refractivity contribution in [3.05, 3.63) is 45.8 Å². The molecule has 0 saturated carbocycles. The molecule has 1 atom stereocenters. The number of ether oxygens (including phenoxy) is 2. The van der Waals surface area contributed by atoms with Gasteiger partial charge in [-0.05, 0) is 69.9 Å². The predicted molar refractivity (Wildman–Crippen MR) is 163 cm³/mol. The lowest BCUT2D eigenvalue weighted by Gasteiger charge is -2.31. The molecule has 3 aliphatic rings. The Hall–Kier alpha value is -2.84. The van der Waals surface area contributed by atoms with E-state index in [1.807, 2.05) is 0 Å². The number of anilines is 1. The zero-order valence-electron chi connectivity index (χ0n) is 25.0. The highest BCUT2D eigenvalue weighted by Gasteiger charge is 2.35. The molecule has 0 bridgehead atoms. The number of nitrogens with zero attached hydrogens (tertiary/aromatic N) is 3. The standard InChI is InChI=1S/C30H40N4O7S2/c1-4-41-30(37)22-6-5-12-34(18-22)43(38,39)23-9-7-21(8-10-23)27(35)31-28-26(29(36)32-14-16-40-17-15-32)24-11-13-33(20(2)3)19-25(24)42-28/h7-10,20,22H,4-6,11-19H2,1-3H3,(H,31,35). The maximum Gasteiger partial charge on any atom is 0.310 e. The quantitative estimate of drug-likeness (QED) is 0.440. The molecule has 0 spiro atoms. The fourth-order valence-electron chi connectivity index (χ4n) is 5.82. The Morgan fingerprint density at radius 3 is 2.49 bits per heavy atom. The van der Waals surface area contributed by atoms with E-state index in [0.29, 0.717) is 62.3 Å². The Morgan fingerprint density at radius 2 is 1.81 bits per heavy atom. The van der Waals surface area contributed by atoms with E-state index in [1.54, 1.807) is 11.8 Å². The topological polar surface area (TPSA) is 126 Å². The highest BCUT2D eigenvalue weighted by molar-refractivity contribution is 7.89. The van der Waals surface area contributed by atoms with E-state index in [1.165, 1.54) is 39.9 Å². The van der Waals surface area contributed by atoms with Crippen LogP contribution in [0.15, 0.2) is 29.2 Å². The summed E-state index contributed by atoms with van der Waals surface area (Å²) >= 11 is 1.44. The van der Waals surface area contributed by atoms with Gasteiger partial charge in [-0.1, -0.05) is 0 Å².